The molecule has 0 aliphatic rings. The van der Waals surface area contributed by atoms with Gasteiger partial charge in [-0.25, -0.2) is 0 Å². The molecule has 0 saturated carbocycles. The fraction of sp³-hybridized carbons (Fsp3) is 0.417. The van der Waals surface area contributed by atoms with Crippen molar-refractivity contribution in [1.82, 2.24) is 5.32 Å². The first kappa shape index (κ1) is 12.5. The molecule has 2 N–H and O–H groups in total. The van der Waals surface area contributed by atoms with Gasteiger partial charge in [-0.2, -0.15) is 0 Å². The Morgan fingerprint density at radius 2 is 2.25 bits per heavy atom. The Hall–Kier alpha value is -1.55. The van der Waals surface area contributed by atoms with Gasteiger partial charge in [-0.3, -0.25) is 4.79 Å². The van der Waals surface area contributed by atoms with Crippen LogP contribution in [0.5, 0.6) is 5.75 Å². The van der Waals surface area contributed by atoms with Crippen molar-refractivity contribution in [2.75, 3.05) is 20.3 Å². The van der Waals surface area contributed by atoms with Crippen LogP contribution in [-0.2, 0) is 4.74 Å². The average molecular weight is 223 g/mol. The van der Waals surface area contributed by atoms with E-state index in [1.165, 1.54) is 6.07 Å². The number of nitrogens with one attached hydrogen (secondary N) is 1. The van der Waals surface area contributed by atoms with Gasteiger partial charge in [0.2, 0.25) is 0 Å². The third kappa shape index (κ3) is 3.55. The summed E-state index contributed by atoms with van der Waals surface area (Å²) in [6.45, 7) is 3.03. The van der Waals surface area contributed by atoms with Crippen LogP contribution in [0, 0.1) is 6.92 Å². The fourth-order valence-electron chi connectivity index (χ4n) is 1.35. The number of aromatic hydroxyl groups is 1. The number of carbonyl (C=O) groups is 1. The zero-order chi connectivity index (χ0) is 12.0. The maximum atomic E-state index is 11.7. The summed E-state index contributed by atoms with van der Waals surface area (Å²) in [5.41, 5.74) is 1.26. The molecule has 4 heteroatoms. The quantitative estimate of drug-likeness (QED) is 0.743. The summed E-state index contributed by atoms with van der Waals surface area (Å²) < 4.78 is 4.87. The van der Waals surface area contributed by atoms with Gasteiger partial charge in [0.05, 0.1) is 5.56 Å². The molecule has 4 nitrogen and oxygen atoms in total. The Labute approximate surface area is 95.2 Å². The second kappa shape index (κ2) is 6.12. The Balaban J connectivity index is 2.55. The lowest BCUT2D eigenvalue weighted by Gasteiger charge is -2.07. The minimum Gasteiger partial charge on any atom is -0.507 e. The summed E-state index contributed by atoms with van der Waals surface area (Å²) in [6, 6.07) is 4.96. The van der Waals surface area contributed by atoms with Crippen LogP contribution in [-0.4, -0.2) is 31.3 Å². The Morgan fingerprint density at radius 3 is 2.94 bits per heavy atom. The van der Waals surface area contributed by atoms with Gasteiger partial charge in [0.25, 0.3) is 5.91 Å². The van der Waals surface area contributed by atoms with Crippen LogP contribution >= 0.6 is 0 Å². The number of amides is 1. The number of carbonyl (C=O) groups excluding carboxylic acids is 1. The lowest BCUT2D eigenvalue weighted by molar-refractivity contribution is 0.0946. The minimum absolute atomic E-state index is 0.00911. The van der Waals surface area contributed by atoms with Gasteiger partial charge in [-0.1, -0.05) is 11.6 Å². The molecule has 0 fully saturated rings. The largest absolute Gasteiger partial charge is 0.507 e. The van der Waals surface area contributed by atoms with Crippen molar-refractivity contribution in [1.29, 1.82) is 0 Å². The van der Waals surface area contributed by atoms with E-state index in [0.717, 1.165) is 12.0 Å². The molecule has 16 heavy (non-hydrogen) atoms. The molecule has 0 radical (unpaired) electrons. The van der Waals surface area contributed by atoms with E-state index in [1.54, 1.807) is 19.2 Å². The second-order valence-corrected chi connectivity index (χ2v) is 3.62. The van der Waals surface area contributed by atoms with Crippen molar-refractivity contribution in [3.63, 3.8) is 0 Å². The molecular formula is C12H17NO3. The second-order valence-electron chi connectivity index (χ2n) is 3.62. The molecule has 0 aliphatic heterocycles. The van der Waals surface area contributed by atoms with E-state index in [1.807, 2.05) is 6.92 Å². The predicted octanol–water partition coefficient (Wildman–Crippen LogP) is 1.47. The van der Waals surface area contributed by atoms with Crippen molar-refractivity contribution < 1.29 is 14.6 Å². The summed E-state index contributed by atoms with van der Waals surface area (Å²) in [7, 11) is 1.62. The number of ether oxygens (including phenoxy) is 1. The van der Waals surface area contributed by atoms with Crippen LogP contribution in [0.2, 0.25) is 0 Å². The molecular weight excluding hydrogens is 206 g/mol. The monoisotopic (exact) mass is 223 g/mol. The van der Waals surface area contributed by atoms with E-state index < -0.39 is 0 Å². The first-order valence-corrected chi connectivity index (χ1v) is 5.22. The first-order chi connectivity index (χ1) is 7.65. The SMILES string of the molecule is COCCCNC(=O)c1cc(C)ccc1O. The molecule has 0 unspecified atom stereocenters. The van der Waals surface area contributed by atoms with Crippen molar-refractivity contribution in [2.45, 2.75) is 13.3 Å². The number of rotatable bonds is 5. The van der Waals surface area contributed by atoms with E-state index in [2.05, 4.69) is 5.32 Å². The van der Waals surface area contributed by atoms with Gasteiger partial charge in [0.15, 0.2) is 0 Å². The molecule has 1 aromatic rings. The van der Waals surface area contributed by atoms with Crippen molar-refractivity contribution in [3.8, 4) is 5.75 Å². The van der Waals surface area contributed by atoms with Crippen LogP contribution in [0.15, 0.2) is 18.2 Å². The maximum Gasteiger partial charge on any atom is 0.255 e. The Kier molecular flexibility index (Phi) is 4.79. The summed E-state index contributed by atoms with van der Waals surface area (Å²) in [5, 5.41) is 12.2. The molecule has 1 rings (SSSR count). The van der Waals surface area contributed by atoms with Crippen molar-refractivity contribution >= 4 is 5.91 Å². The zero-order valence-corrected chi connectivity index (χ0v) is 9.62. The van der Waals surface area contributed by atoms with E-state index >= 15 is 0 Å². The van der Waals surface area contributed by atoms with E-state index in [4.69, 9.17) is 4.74 Å². The smallest absolute Gasteiger partial charge is 0.255 e. The van der Waals surface area contributed by atoms with E-state index in [-0.39, 0.29) is 11.7 Å². The summed E-state index contributed by atoms with van der Waals surface area (Å²) in [4.78, 5) is 11.7. The van der Waals surface area contributed by atoms with E-state index in [0.29, 0.717) is 18.7 Å². The number of methoxy groups -OCH3 is 1. The molecule has 0 saturated heterocycles. The van der Waals surface area contributed by atoms with Gasteiger partial charge < -0.3 is 15.2 Å². The molecule has 0 heterocycles. The van der Waals surface area contributed by atoms with Gasteiger partial charge in [0.1, 0.15) is 5.75 Å². The number of aryl methyl sites for hydroxylation is 1. The van der Waals surface area contributed by atoms with Gasteiger partial charge in [0, 0.05) is 20.3 Å². The summed E-state index contributed by atoms with van der Waals surface area (Å²) >= 11 is 0. The predicted molar refractivity (Wildman–Crippen MR) is 61.7 cm³/mol. The normalized spacial score (nSPS) is 10.1. The third-order valence-electron chi connectivity index (χ3n) is 2.21. The fourth-order valence-corrected chi connectivity index (χ4v) is 1.35. The lowest BCUT2D eigenvalue weighted by atomic mass is 10.1. The Bertz CT molecular complexity index is 363. The van der Waals surface area contributed by atoms with Crippen LogP contribution < -0.4 is 5.32 Å². The van der Waals surface area contributed by atoms with Crippen LogP contribution in [0.1, 0.15) is 22.3 Å². The molecule has 0 atom stereocenters. The van der Waals surface area contributed by atoms with E-state index in [9.17, 15) is 9.90 Å². The van der Waals surface area contributed by atoms with Crippen LogP contribution in [0.4, 0.5) is 0 Å². The van der Waals surface area contributed by atoms with Gasteiger partial charge in [-0.15, -0.1) is 0 Å². The number of phenolic OH excluding ortho intramolecular Hbond substituents is 1. The average Bonchev–Trinajstić information content (AvgIpc) is 2.27. The highest BCUT2D eigenvalue weighted by Gasteiger charge is 2.09. The number of hydrogen-bond donors (Lipinski definition) is 2. The summed E-state index contributed by atoms with van der Waals surface area (Å²) in [5.74, 6) is -0.243. The summed E-state index contributed by atoms with van der Waals surface area (Å²) in [6.07, 6.45) is 0.759. The number of benzene rings is 1. The standard InChI is InChI=1S/C12H17NO3/c1-9-4-5-11(14)10(8-9)12(15)13-6-3-7-16-2/h4-5,8,14H,3,6-7H2,1-2H3,(H,13,15). The molecule has 0 aliphatic carbocycles. The molecule has 88 valence electrons. The topological polar surface area (TPSA) is 58.6 Å². The van der Waals surface area contributed by atoms with Gasteiger partial charge >= 0.3 is 0 Å². The Morgan fingerprint density at radius 1 is 1.50 bits per heavy atom. The van der Waals surface area contributed by atoms with Crippen molar-refractivity contribution in [3.05, 3.63) is 29.3 Å². The van der Waals surface area contributed by atoms with Crippen molar-refractivity contribution in [2.24, 2.45) is 0 Å². The highest BCUT2D eigenvalue weighted by atomic mass is 16.5. The molecule has 1 amide bonds. The molecule has 1 aromatic carbocycles. The molecule has 0 bridgehead atoms. The zero-order valence-electron chi connectivity index (χ0n) is 9.62. The maximum absolute atomic E-state index is 11.7. The molecule has 0 spiro atoms. The number of phenols is 1. The van der Waals surface area contributed by atoms with Gasteiger partial charge in [-0.05, 0) is 25.5 Å². The number of hydrogen-bond acceptors (Lipinski definition) is 3. The van der Waals surface area contributed by atoms with Crippen LogP contribution in [0.25, 0.3) is 0 Å². The third-order valence-corrected chi connectivity index (χ3v) is 2.21. The molecule has 0 aromatic heterocycles. The van der Waals surface area contributed by atoms with Crippen LogP contribution in [0.3, 0.4) is 0 Å². The lowest BCUT2D eigenvalue weighted by Crippen LogP contribution is -2.25. The minimum atomic E-state index is -0.252. The highest BCUT2D eigenvalue weighted by molar-refractivity contribution is 5.96. The highest BCUT2D eigenvalue weighted by Crippen LogP contribution is 2.17. The first-order valence-electron chi connectivity index (χ1n) is 5.22.